The monoisotopic (exact) mass is 386 g/mol. The molecule has 0 spiro atoms. The fourth-order valence-electron chi connectivity index (χ4n) is 3.81. The second kappa shape index (κ2) is 6.77. The summed E-state index contributed by atoms with van der Waals surface area (Å²) in [5.74, 6) is -0.649. The Morgan fingerprint density at radius 2 is 1.78 bits per heavy atom. The molecule has 144 valence electrons. The molecule has 2 heterocycles. The number of ether oxygens (including phenoxy) is 1. The lowest BCUT2D eigenvalue weighted by Crippen LogP contribution is -2.55. The standard InChI is InChI=1S/C21H26N2O3S/c1-12-7-9-13(10-8-12)17(24)22-18-15(19(25)26-6)14-11-20(2,3)23-21(4,5)16(14)27-18/h7-10,23H,11H2,1-6H3,(H,22,24). The number of thiophene rings is 1. The fourth-order valence-corrected chi connectivity index (χ4v) is 5.07. The summed E-state index contributed by atoms with van der Waals surface area (Å²) >= 11 is 1.44. The summed E-state index contributed by atoms with van der Waals surface area (Å²) in [7, 11) is 1.37. The molecule has 0 saturated heterocycles. The molecule has 1 aromatic carbocycles. The highest BCUT2D eigenvalue weighted by atomic mass is 32.1. The Bertz CT molecular complexity index is 895. The van der Waals surface area contributed by atoms with E-state index in [9.17, 15) is 9.59 Å². The van der Waals surface area contributed by atoms with E-state index in [1.165, 1.54) is 18.4 Å². The Kier molecular flexibility index (Phi) is 4.91. The molecule has 0 radical (unpaired) electrons. The average Bonchev–Trinajstić information content (AvgIpc) is 2.91. The topological polar surface area (TPSA) is 67.4 Å². The van der Waals surface area contributed by atoms with Gasteiger partial charge in [0.2, 0.25) is 0 Å². The Hall–Kier alpha value is -2.18. The number of methoxy groups -OCH3 is 1. The van der Waals surface area contributed by atoms with Crippen molar-refractivity contribution in [3.05, 3.63) is 51.4 Å². The highest BCUT2D eigenvalue weighted by Crippen LogP contribution is 2.45. The van der Waals surface area contributed by atoms with E-state index in [1.54, 1.807) is 12.1 Å². The van der Waals surface area contributed by atoms with Crippen LogP contribution in [-0.2, 0) is 16.7 Å². The predicted octanol–water partition coefficient (Wildman–Crippen LogP) is 4.25. The molecule has 6 heteroatoms. The first-order valence-corrected chi connectivity index (χ1v) is 9.77. The highest BCUT2D eigenvalue weighted by Gasteiger charge is 2.42. The minimum absolute atomic E-state index is 0.168. The molecule has 3 rings (SSSR count). The van der Waals surface area contributed by atoms with Crippen LogP contribution in [0.25, 0.3) is 0 Å². The van der Waals surface area contributed by atoms with Crippen LogP contribution in [0, 0.1) is 6.92 Å². The third kappa shape index (κ3) is 3.77. The average molecular weight is 387 g/mol. The lowest BCUT2D eigenvalue weighted by Gasteiger charge is -2.42. The number of nitrogens with one attached hydrogen (secondary N) is 2. The van der Waals surface area contributed by atoms with Gasteiger partial charge in [0.05, 0.1) is 12.7 Å². The van der Waals surface area contributed by atoms with Gasteiger partial charge in [-0.05, 0) is 58.7 Å². The van der Waals surface area contributed by atoms with Gasteiger partial charge in [-0.3, -0.25) is 4.79 Å². The number of carbonyl (C=O) groups excluding carboxylic acids is 2. The van der Waals surface area contributed by atoms with Crippen LogP contribution in [0.2, 0.25) is 0 Å². The molecule has 1 amide bonds. The largest absolute Gasteiger partial charge is 0.465 e. The van der Waals surface area contributed by atoms with Crippen molar-refractivity contribution in [3.8, 4) is 0 Å². The number of fused-ring (bicyclic) bond motifs is 1. The zero-order chi connectivity index (χ0) is 20.0. The summed E-state index contributed by atoms with van der Waals surface area (Å²) in [5.41, 5.74) is 2.60. The number of esters is 1. The van der Waals surface area contributed by atoms with E-state index < -0.39 is 5.97 Å². The Morgan fingerprint density at radius 3 is 2.37 bits per heavy atom. The van der Waals surface area contributed by atoms with Gasteiger partial charge in [-0.1, -0.05) is 17.7 Å². The minimum atomic E-state index is -0.416. The molecule has 2 N–H and O–H groups in total. The summed E-state index contributed by atoms with van der Waals surface area (Å²) in [6, 6.07) is 7.35. The smallest absolute Gasteiger partial charge is 0.341 e. The Labute approximate surface area is 164 Å². The number of amides is 1. The number of benzene rings is 1. The van der Waals surface area contributed by atoms with Gasteiger partial charge in [-0.2, -0.15) is 0 Å². The number of carbonyl (C=O) groups is 2. The van der Waals surface area contributed by atoms with Crippen LogP contribution in [0.1, 0.15) is 64.4 Å². The summed E-state index contributed by atoms with van der Waals surface area (Å²) < 4.78 is 5.04. The molecule has 0 atom stereocenters. The van der Waals surface area contributed by atoms with E-state index in [1.807, 2.05) is 19.1 Å². The maximum atomic E-state index is 12.7. The van der Waals surface area contributed by atoms with Gasteiger partial charge in [0.1, 0.15) is 5.00 Å². The van der Waals surface area contributed by atoms with Crippen molar-refractivity contribution < 1.29 is 14.3 Å². The molecular weight excluding hydrogens is 360 g/mol. The predicted molar refractivity (Wildman–Crippen MR) is 109 cm³/mol. The van der Waals surface area contributed by atoms with E-state index in [-0.39, 0.29) is 17.0 Å². The molecule has 5 nitrogen and oxygen atoms in total. The zero-order valence-electron chi connectivity index (χ0n) is 16.6. The third-order valence-electron chi connectivity index (χ3n) is 4.77. The molecule has 0 bridgehead atoms. The Balaban J connectivity index is 2.06. The Morgan fingerprint density at radius 1 is 1.15 bits per heavy atom. The lowest BCUT2D eigenvalue weighted by molar-refractivity contribution is 0.0600. The molecule has 27 heavy (non-hydrogen) atoms. The van der Waals surface area contributed by atoms with E-state index in [2.05, 4.69) is 38.3 Å². The third-order valence-corrected chi connectivity index (χ3v) is 6.25. The van der Waals surface area contributed by atoms with E-state index in [0.29, 0.717) is 22.5 Å². The number of hydrogen-bond donors (Lipinski definition) is 2. The first-order valence-electron chi connectivity index (χ1n) is 8.96. The van der Waals surface area contributed by atoms with E-state index in [4.69, 9.17) is 4.74 Å². The van der Waals surface area contributed by atoms with Crippen molar-refractivity contribution in [1.82, 2.24) is 5.32 Å². The van der Waals surface area contributed by atoms with Gasteiger partial charge in [-0.15, -0.1) is 11.3 Å². The molecule has 2 aromatic rings. The van der Waals surface area contributed by atoms with Gasteiger partial charge < -0.3 is 15.4 Å². The van der Waals surface area contributed by atoms with Crippen molar-refractivity contribution in [2.45, 2.75) is 52.1 Å². The van der Waals surface area contributed by atoms with E-state index >= 15 is 0 Å². The summed E-state index contributed by atoms with van der Waals surface area (Å²) in [6.07, 6.45) is 0.688. The maximum Gasteiger partial charge on any atom is 0.341 e. The van der Waals surface area contributed by atoms with Crippen LogP contribution in [0.4, 0.5) is 5.00 Å². The first-order chi connectivity index (χ1) is 12.5. The van der Waals surface area contributed by atoms with Crippen LogP contribution in [0.5, 0.6) is 0 Å². The number of aryl methyl sites for hydroxylation is 1. The van der Waals surface area contributed by atoms with Crippen molar-refractivity contribution in [1.29, 1.82) is 0 Å². The second-order valence-electron chi connectivity index (χ2n) is 8.24. The molecule has 0 fully saturated rings. The summed E-state index contributed by atoms with van der Waals surface area (Å²) in [4.78, 5) is 26.3. The van der Waals surface area contributed by atoms with Crippen LogP contribution < -0.4 is 10.6 Å². The SMILES string of the molecule is COC(=O)c1c(NC(=O)c2ccc(C)cc2)sc2c1CC(C)(C)NC2(C)C. The molecule has 0 aliphatic carbocycles. The van der Waals surface area contributed by atoms with Crippen LogP contribution in [0.15, 0.2) is 24.3 Å². The summed E-state index contributed by atoms with van der Waals surface area (Å²) in [6.45, 7) is 10.4. The van der Waals surface area contributed by atoms with Gasteiger partial charge in [-0.25, -0.2) is 4.79 Å². The van der Waals surface area contributed by atoms with Crippen molar-refractivity contribution in [2.75, 3.05) is 12.4 Å². The molecular formula is C21H26N2O3S. The molecule has 0 unspecified atom stereocenters. The van der Waals surface area contributed by atoms with Gasteiger partial charge in [0.15, 0.2) is 0 Å². The van der Waals surface area contributed by atoms with Crippen LogP contribution in [-0.4, -0.2) is 24.5 Å². The zero-order valence-corrected chi connectivity index (χ0v) is 17.5. The van der Waals surface area contributed by atoms with Gasteiger partial charge in [0, 0.05) is 21.5 Å². The summed E-state index contributed by atoms with van der Waals surface area (Å²) in [5, 5.41) is 7.10. The highest BCUT2D eigenvalue weighted by molar-refractivity contribution is 7.17. The number of hydrogen-bond acceptors (Lipinski definition) is 5. The van der Waals surface area contributed by atoms with Crippen molar-refractivity contribution in [2.24, 2.45) is 0 Å². The molecule has 1 aromatic heterocycles. The molecule has 1 aliphatic rings. The normalized spacial score (nSPS) is 17.1. The minimum Gasteiger partial charge on any atom is -0.465 e. The van der Waals surface area contributed by atoms with Gasteiger partial charge >= 0.3 is 5.97 Å². The van der Waals surface area contributed by atoms with Crippen LogP contribution in [0.3, 0.4) is 0 Å². The lowest BCUT2D eigenvalue weighted by atomic mass is 9.81. The number of anilines is 1. The van der Waals surface area contributed by atoms with Crippen molar-refractivity contribution in [3.63, 3.8) is 0 Å². The number of rotatable bonds is 3. The second-order valence-corrected chi connectivity index (χ2v) is 9.26. The molecule has 0 saturated carbocycles. The van der Waals surface area contributed by atoms with Gasteiger partial charge in [0.25, 0.3) is 5.91 Å². The van der Waals surface area contributed by atoms with Crippen molar-refractivity contribution >= 4 is 28.2 Å². The maximum absolute atomic E-state index is 12.7. The van der Waals surface area contributed by atoms with Crippen LogP contribution >= 0.6 is 11.3 Å². The molecule has 1 aliphatic heterocycles. The fraction of sp³-hybridized carbons (Fsp3) is 0.429. The quantitative estimate of drug-likeness (QED) is 0.774. The van der Waals surface area contributed by atoms with E-state index in [0.717, 1.165) is 16.0 Å². The first kappa shape index (κ1) is 19.6.